The van der Waals surface area contributed by atoms with Crippen LogP contribution in [-0.2, 0) is 27.2 Å². The molecule has 0 aromatic heterocycles. The third-order valence-corrected chi connectivity index (χ3v) is 5.51. The van der Waals surface area contributed by atoms with E-state index in [1.54, 1.807) is 0 Å². The fourth-order valence-electron chi connectivity index (χ4n) is 2.25. The van der Waals surface area contributed by atoms with E-state index in [0.29, 0.717) is 12.1 Å². The molecular weight excluding hydrogens is 462 g/mol. The molecule has 0 bridgehead atoms. The Morgan fingerprint density at radius 3 is 1.83 bits per heavy atom. The first-order valence-corrected chi connectivity index (χ1v) is 9.84. The van der Waals surface area contributed by atoms with Gasteiger partial charge < -0.3 is 5.32 Å². The first-order chi connectivity index (χ1) is 13.6. The number of hydrogen-bond acceptors (Lipinski definition) is 3. The summed E-state index contributed by atoms with van der Waals surface area (Å²) >= 11 is 5.66. The van der Waals surface area contributed by atoms with E-state index in [1.807, 2.05) is 10.0 Å². The maximum Gasteiger partial charge on any atom is 0.416 e. The number of rotatable bonds is 5. The number of anilines is 1. The SMILES string of the molecule is C[C@@H](NS(=O)(=O)c1ccc(Cl)cc1)C(=O)Nc1cc(C(F)(F)F)cc(C(F)(F)F)c1. The zero-order valence-electron chi connectivity index (χ0n) is 14.9. The monoisotopic (exact) mass is 474 g/mol. The van der Waals surface area contributed by atoms with Crippen molar-refractivity contribution in [3.05, 3.63) is 58.6 Å². The topological polar surface area (TPSA) is 75.3 Å². The lowest BCUT2D eigenvalue weighted by molar-refractivity contribution is -0.143. The molecule has 0 saturated carbocycles. The maximum absolute atomic E-state index is 12.9. The van der Waals surface area contributed by atoms with E-state index in [2.05, 4.69) is 0 Å². The van der Waals surface area contributed by atoms with Crippen molar-refractivity contribution < 1.29 is 39.6 Å². The molecule has 0 aliphatic heterocycles. The highest BCUT2D eigenvalue weighted by Crippen LogP contribution is 2.37. The molecule has 0 heterocycles. The molecule has 0 unspecified atom stereocenters. The average Bonchev–Trinajstić information content (AvgIpc) is 2.60. The van der Waals surface area contributed by atoms with Crippen molar-refractivity contribution >= 4 is 33.2 Å². The molecule has 0 fully saturated rings. The summed E-state index contributed by atoms with van der Waals surface area (Å²) in [5, 5.41) is 2.12. The fourth-order valence-corrected chi connectivity index (χ4v) is 3.57. The molecule has 30 heavy (non-hydrogen) atoms. The molecule has 2 rings (SSSR count). The number of benzene rings is 2. The van der Waals surface area contributed by atoms with Gasteiger partial charge in [0.15, 0.2) is 0 Å². The normalized spacial score (nSPS) is 13.7. The summed E-state index contributed by atoms with van der Waals surface area (Å²) in [5.41, 5.74) is -4.04. The van der Waals surface area contributed by atoms with E-state index in [-0.39, 0.29) is 16.0 Å². The van der Waals surface area contributed by atoms with Crippen molar-refractivity contribution in [2.75, 3.05) is 5.32 Å². The Morgan fingerprint density at radius 1 is 0.933 bits per heavy atom. The smallest absolute Gasteiger partial charge is 0.325 e. The van der Waals surface area contributed by atoms with E-state index in [0.717, 1.165) is 19.1 Å². The molecule has 5 nitrogen and oxygen atoms in total. The first kappa shape index (κ1) is 24.0. The predicted molar refractivity (Wildman–Crippen MR) is 96.3 cm³/mol. The predicted octanol–water partition coefficient (Wildman–Crippen LogP) is 4.68. The van der Waals surface area contributed by atoms with E-state index < -0.39 is 51.1 Å². The van der Waals surface area contributed by atoms with E-state index in [1.165, 1.54) is 12.1 Å². The number of nitrogens with one attached hydrogen (secondary N) is 2. The Morgan fingerprint density at radius 2 is 1.40 bits per heavy atom. The van der Waals surface area contributed by atoms with Gasteiger partial charge in [-0.15, -0.1) is 0 Å². The summed E-state index contributed by atoms with van der Waals surface area (Å²) < 4.78 is 104. The summed E-state index contributed by atoms with van der Waals surface area (Å²) in [6, 6.07) is 3.87. The van der Waals surface area contributed by atoms with Gasteiger partial charge in [0.25, 0.3) is 0 Å². The molecule has 1 amide bonds. The van der Waals surface area contributed by atoms with Gasteiger partial charge in [-0.1, -0.05) is 11.6 Å². The molecule has 0 spiro atoms. The van der Waals surface area contributed by atoms with Gasteiger partial charge in [-0.05, 0) is 49.4 Å². The molecule has 0 aliphatic carbocycles. The maximum atomic E-state index is 12.9. The molecule has 0 aliphatic rings. The van der Waals surface area contributed by atoms with Crippen molar-refractivity contribution in [2.45, 2.75) is 30.2 Å². The van der Waals surface area contributed by atoms with Crippen LogP contribution in [0, 0.1) is 0 Å². The molecule has 2 aromatic rings. The minimum atomic E-state index is -5.09. The molecule has 2 aromatic carbocycles. The van der Waals surface area contributed by atoms with Crippen LogP contribution in [0.15, 0.2) is 47.4 Å². The lowest BCUT2D eigenvalue weighted by Crippen LogP contribution is -2.41. The number of halogens is 7. The summed E-state index contributed by atoms with van der Waals surface area (Å²) in [5.74, 6) is -1.17. The third-order valence-electron chi connectivity index (χ3n) is 3.70. The Balaban J connectivity index is 2.25. The zero-order valence-corrected chi connectivity index (χ0v) is 16.5. The summed E-state index contributed by atoms with van der Waals surface area (Å²) in [7, 11) is -4.21. The van der Waals surface area contributed by atoms with Gasteiger partial charge in [-0.2, -0.15) is 31.1 Å². The Bertz CT molecular complexity index is 1000. The van der Waals surface area contributed by atoms with Crippen LogP contribution in [0.2, 0.25) is 5.02 Å². The molecule has 1 atom stereocenters. The molecular formula is C17H13ClF6N2O3S. The second kappa shape index (κ2) is 8.44. The number of amides is 1. The lowest BCUT2D eigenvalue weighted by atomic mass is 10.1. The number of sulfonamides is 1. The average molecular weight is 475 g/mol. The van der Waals surface area contributed by atoms with Crippen LogP contribution in [0.1, 0.15) is 18.1 Å². The van der Waals surface area contributed by atoms with E-state index in [9.17, 15) is 39.6 Å². The van der Waals surface area contributed by atoms with Gasteiger partial charge in [0.05, 0.1) is 22.1 Å². The summed E-state index contributed by atoms with van der Waals surface area (Å²) in [4.78, 5) is 11.9. The molecule has 0 radical (unpaired) electrons. The van der Waals surface area contributed by atoms with Crippen LogP contribution >= 0.6 is 11.6 Å². The van der Waals surface area contributed by atoms with Crippen LogP contribution < -0.4 is 10.0 Å². The number of carbonyl (C=O) groups excluding carboxylic acids is 1. The Labute approximate surface area is 172 Å². The third kappa shape index (κ3) is 6.09. The molecule has 164 valence electrons. The highest BCUT2D eigenvalue weighted by molar-refractivity contribution is 7.89. The zero-order chi connectivity index (χ0) is 22.9. The molecule has 2 N–H and O–H groups in total. The summed E-state index contributed by atoms with van der Waals surface area (Å²) in [6.07, 6.45) is -10.2. The Hall–Kier alpha value is -2.31. The minimum absolute atomic E-state index is 0.0949. The van der Waals surface area contributed by atoms with Gasteiger partial charge in [-0.3, -0.25) is 4.79 Å². The van der Waals surface area contributed by atoms with Gasteiger partial charge in [0.1, 0.15) is 0 Å². The van der Waals surface area contributed by atoms with Crippen LogP contribution in [0.4, 0.5) is 32.0 Å². The van der Waals surface area contributed by atoms with E-state index in [4.69, 9.17) is 11.6 Å². The van der Waals surface area contributed by atoms with Crippen molar-refractivity contribution in [1.29, 1.82) is 0 Å². The van der Waals surface area contributed by atoms with E-state index >= 15 is 0 Å². The van der Waals surface area contributed by atoms with Crippen LogP contribution in [0.3, 0.4) is 0 Å². The van der Waals surface area contributed by atoms with Gasteiger partial charge in [0, 0.05) is 10.7 Å². The largest absolute Gasteiger partial charge is 0.416 e. The lowest BCUT2D eigenvalue weighted by Gasteiger charge is -2.17. The van der Waals surface area contributed by atoms with Gasteiger partial charge in [-0.25, -0.2) is 8.42 Å². The second-order valence-corrected chi connectivity index (χ2v) is 8.23. The van der Waals surface area contributed by atoms with Crippen molar-refractivity contribution in [3.8, 4) is 0 Å². The fraction of sp³-hybridized carbons (Fsp3) is 0.235. The summed E-state index contributed by atoms with van der Waals surface area (Å²) in [6.45, 7) is 1.07. The molecule has 13 heteroatoms. The van der Waals surface area contributed by atoms with Crippen LogP contribution in [0.5, 0.6) is 0 Å². The standard InChI is InChI=1S/C17H13ClF6N2O3S/c1-9(26-30(28,29)14-4-2-12(18)3-5-14)15(27)25-13-7-10(16(19,20)21)6-11(8-13)17(22,23)24/h2-9,26H,1H3,(H,25,27)/t9-/m1/s1. The highest BCUT2D eigenvalue weighted by Gasteiger charge is 2.37. The second-order valence-electron chi connectivity index (χ2n) is 6.08. The quantitative estimate of drug-likeness (QED) is 0.618. The van der Waals surface area contributed by atoms with Crippen molar-refractivity contribution in [3.63, 3.8) is 0 Å². The number of carbonyl (C=O) groups is 1. The molecule has 0 saturated heterocycles. The first-order valence-electron chi connectivity index (χ1n) is 7.98. The van der Waals surface area contributed by atoms with Gasteiger partial charge in [0.2, 0.25) is 15.9 Å². The number of alkyl halides is 6. The Kier molecular flexibility index (Phi) is 6.74. The van der Waals surface area contributed by atoms with Crippen LogP contribution in [0.25, 0.3) is 0 Å². The van der Waals surface area contributed by atoms with Crippen molar-refractivity contribution in [2.24, 2.45) is 0 Å². The number of hydrogen-bond donors (Lipinski definition) is 2. The van der Waals surface area contributed by atoms with Crippen LogP contribution in [-0.4, -0.2) is 20.4 Å². The van der Waals surface area contributed by atoms with Crippen molar-refractivity contribution in [1.82, 2.24) is 4.72 Å². The minimum Gasteiger partial charge on any atom is -0.325 e. The highest BCUT2D eigenvalue weighted by atomic mass is 35.5. The van der Waals surface area contributed by atoms with Gasteiger partial charge >= 0.3 is 12.4 Å².